The molecule has 2 aromatic heterocycles. The van der Waals surface area contributed by atoms with E-state index in [2.05, 4.69) is 4.98 Å². The number of aryl methyl sites for hydroxylation is 2. The number of pyridine rings is 1. The largest absolute Gasteiger partial charge is 0.344 e. The Kier molecular flexibility index (Phi) is 1.19. The van der Waals surface area contributed by atoms with Crippen LogP contribution in [0.25, 0.3) is 10.9 Å². The Bertz CT molecular complexity index is 1700. The maximum atomic E-state index is 9.00. The lowest BCUT2D eigenvalue weighted by molar-refractivity contribution is 0.309. The van der Waals surface area contributed by atoms with Crippen LogP contribution in [-0.2, 0) is 25.8 Å². The Morgan fingerprint density at radius 3 is 3.17 bits per heavy atom. The molecule has 3 aromatic rings. The Morgan fingerprint density at radius 2 is 2.29 bits per heavy atom. The number of benzene rings is 1. The van der Waals surface area contributed by atoms with Gasteiger partial charge in [-0.15, -0.1) is 0 Å². The molecule has 0 atom stereocenters. The standard InChI is InChI=1S/C21H25N3/c1-15-4-7-20-18(12-15)19-14-23(3)10-9-21(19)24(20)11-8-17-6-5-16(2)22-13-17/h4-7,12-13H,8-11,14H2,1-3H3/i1D3,2D3,4D,5D,6D,7D,9D2,10D2,11D2,12D,13D,14D2. The molecule has 1 aliphatic rings. The normalized spacial score (nSPS) is 35.0. The van der Waals surface area contributed by atoms with E-state index in [0.717, 1.165) is 7.05 Å². The Hall–Kier alpha value is -2.13. The molecule has 3 heteroatoms. The summed E-state index contributed by atoms with van der Waals surface area (Å²) in [7, 11) is 0.889. The molecule has 3 heterocycles. The van der Waals surface area contributed by atoms with Gasteiger partial charge in [-0.25, -0.2) is 0 Å². The molecule has 0 saturated heterocycles. The van der Waals surface area contributed by atoms with E-state index in [1.807, 2.05) is 0 Å². The fraction of sp³-hybridized carbons (Fsp3) is 0.381. The van der Waals surface area contributed by atoms with Gasteiger partial charge in [-0.2, -0.15) is 0 Å². The lowest BCUT2D eigenvalue weighted by Crippen LogP contribution is -2.27. The van der Waals surface area contributed by atoms with Crippen LogP contribution < -0.4 is 0 Å². The molecule has 0 aliphatic carbocycles. The predicted molar refractivity (Wildman–Crippen MR) is 99.4 cm³/mol. The van der Waals surface area contributed by atoms with Crippen molar-refractivity contribution in [2.75, 3.05) is 13.5 Å². The van der Waals surface area contributed by atoms with Gasteiger partial charge in [0.1, 0.15) is 0 Å². The number of aromatic nitrogens is 2. The zero-order chi connectivity index (χ0) is 34.1. The van der Waals surface area contributed by atoms with Gasteiger partial charge in [-0.1, -0.05) is 17.6 Å². The predicted octanol–water partition coefficient (Wildman–Crippen LogP) is 3.88. The first-order chi connectivity index (χ1) is 19.6. The van der Waals surface area contributed by atoms with Gasteiger partial charge in [0.25, 0.3) is 0 Å². The number of rotatable bonds is 3. The lowest BCUT2D eigenvalue weighted by Gasteiger charge is -2.24. The van der Waals surface area contributed by atoms with E-state index >= 15 is 0 Å². The second-order valence-electron chi connectivity index (χ2n) is 5.08. The first-order valence-corrected chi connectivity index (χ1v) is 6.97. The molecule has 1 aromatic carbocycles. The van der Waals surface area contributed by atoms with E-state index in [4.69, 9.17) is 27.4 Å². The molecule has 0 saturated carbocycles. The highest BCUT2D eigenvalue weighted by atomic mass is 15.1. The number of likely N-dealkylation sites (N-methyl/N-ethyl adjacent to an activating group) is 1. The minimum Gasteiger partial charge on any atom is -0.344 e. The van der Waals surface area contributed by atoms with Crippen LogP contribution in [-0.4, -0.2) is 28.0 Å². The van der Waals surface area contributed by atoms with Crippen LogP contribution in [0.4, 0.5) is 0 Å². The molecule has 4 rings (SSSR count). The molecule has 0 spiro atoms. The molecular weight excluding hydrogens is 294 g/mol. The first kappa shape index (κ1) is 4.73. The van der Waals surface area contributed by atoms with Gasteiger partial charge in [0.05, 0.1) is 11.0 Å². The van der Waals surface area contributed by atoms with E-state index in [1.54, 1.807) is 0 Å². The third-order valence-electron chi connectivity index (χ3n) is 3.40. The molecule has 24 heavy (non-hydrogen) atoms. The quantitative estimate of drug-likeness (QED) is 0.722. The average Bonchev–Trinajstić information content (AvgIpc) is 3.24. The average molecular weight is 340 g/mol. The van der Waals surface area contributed by atoms with Crippen LogP contribution in [0.5, 0.6) is 0 Å². The smallest absolute Gasteiger partial charge is 0.0843 e. The zero-order valence-electron chi connectivity index (χ0n) is 32.5. The van der Waals surface area contributed by atoms with Crippen molar-refractivity contribution in [3.63, 3.8) is 0 Å². The molecule has 0 unspecified atom stereocenters. The minimum absolute atomic E-state index is 0.349. The van der Waals surface area contributed by atoms with E-state index in [-0.39, 0.29) is 0 Å². The molecular formula is C21H25N3. The summed E-state index contributed by atoms with van der Waals surface area (Å²) in [4.78, 5) is 3.90. The third kappa shape index (κ3) is 2.73. The fourth-order valence-electron chi connectivity index (χ4n) is 2.36. The summed E-state index contributed by atoms with van der Waals surface area (Å²) in [6.07, 6.45) is -5.38. The van der Waals surface area contributed by atoms with E-state index in [1.165, 1.54) is 0 Å². The molecule has 0 fully saturated rings. The van der Waals surface area contributed by atoms with Crippen molar-refractivity contribution in [1.82, 2.24) is 14.5 Å². The van der Waals surface area contributed by atoms with Crippen molar-refractivity contribution in [2.24, 2.45) is 0 Å². The van der Waals surface area contributed by atoms with E-state index in [9.17, 15) is 0 Å². The number of hydrogen-bond acceptors (Lipinski definition) is 2. The summed E-state index contributed by atoms with van der Waals surface area (Å²) in [5.41, 5.74) is -5.23. The molecule has 0 amide bonds. The Balaban J connectivity index is 2.23. The van der Waals surface area contributed by atoms with Crippen molar-refractivity contribution in [1.29, 1.82) is 0 Å². The monoisotopic (exact) mass is 339 g/mol. The lowest BCUT2D eigenvalue weighted by atomic mass is 10.0. The summed E-state index contributed by atoms with van der Waals surface area (Å²) in [6.45, 7) is -15.6. The second kappa shape index (κ2) is 6.06. The van der Waals surface area contributed by atoms with Crippen LogP contribution in [0.3, 0.4) is 0 Å². The van der Waals surface area contributed by atoms with Crippen molar-refractivity contribution in [3.05, 3.63) is 64.5 Å². The van der Waals surface area contributed by atoms with Gasteiger partial charge >= 0.3 is 0 Å². The minimum atomic E-state index is -3.33. The molecule has 124 valence electrons. The Labute approximate surface area is 172 Å². The van der Waals surface area contributed by atoms with Crippen LogP contribution in [0.1, 0.15) is 55.5 Å². The summed E-state index contributed by atoms with van der Waals surface area (Å²) >= 11 is 0. The summed E-state index contributed by atoms with van der Waals surface area (Å²) in [6, 6.07) is -4.98. The van der Waals surface area contributed by atoms with Crippen molar-refractivity contribution >= 4 is 10.9 Å². The van der Waals surface area contributed by atoms with Crippen LogP contribution in [0.2, 0.25) is 0 Å². The zero-order valence-corrected chi connectivity index (χ0v) is 12.5. The van der Waals surface area contributed by atoms with Crippen molar-refractivity contribution < 1.29 is 27.4 Å². The molecule has 0 radical (unpaired) electrons. The van der Waals surface area contributed by atoms with E-state index in [0.29, 0.717) is 9.47 Å². The van der Waals surface area contributed by atoms with Crippen molar-refractivity contribution in [2.45, 2.75) is 39.5 Å². The highest BCUT2D eigenvalue weighted by Crippen LogP contribution is 2.31. The number of hydrogen-bond donors (Lipinski definition) is 0. The highest BCUT2D eigenvalue weighted by Gasteiger charge is 2.22. The van der Waals surface area contributed by atoms with E-state index < -0.39 is 121 Å². The SMILES string of the molecule is [2H]c1nc(C([2H])([2H])[2H])c([2H])c([2H])c1CC([2H])([2H])n1c2c(c3c([2H])c(C([2H])([2H])[2H])c([2H])c([2H])c31)C([2H])([2H])N(C)C([2H])([2H])C2([2H])[2H]. The highest BCUT2D eigenvalue weighted by molar-refractivity contribution is 5.86. The summed E-state index contributed by atoms with van der Waals surface area (Å²) in [5, 5.41) is -0.749. The number of fused-ring (bicyclic) bond motifs is 3. The number of nitrogens with zero attached hydrogens (tertiary/aromatic N) is 3. The third-order valence-corrected chi connectivity index (χ3v) is 3.40. The summed E-state index contributed by atoms with van der Waals surface area (Å²) < 4.78 is 167. The van der Waals surface area contributed by atoms with Crippen LogP contribution >= 0.6 is 0 Å². The second-order valence-corrected chi connectivity index (χ2v) is 5.08. The fourth-order valence-corrected chi connectivity index (χ4v) is 2.36. The molecule has 1 aliphatic heterocycles. The maximum absolute atomic E-state index is 9.00. The molecule has 3 nitrogen and oxygen atoms in total. The topological polar surface area (TPSA) is 21.1 Å². The Morgan fingerprint density at radius 1 is 1.33 bits per heavy atom. The molecule has 0 N–H and O–H groups in total. The van der Waals surface area contributed by atoms with Gasteiger partial charge in [0, 0.05) is 70.8 Å². The first-order valence-electron chi connectivity index (χ1n) is 17.0. The van der Waals surface area contributed by atoms with Crippen molar-refractivity contribution in [3.8, 4) is 0 Å². The van der Waals surface area contributed by atoms with Gasteiger partial charge < -0.3 is 9.47 Å². The van der Waals surface area contributed by atoms with Gasteiger partial charge in [0.15, 0.2) is 0 Å². The van der Waals surface area contributed by atoms with Gasteiger partial charge in [-0.05, 0) is 56.4 Å². The van der Waals surface area contributed by atoms with Gasteiger partial charge in [-0.3, -0.25) is 4.98 Å². The van der Waals surface area contributed by atoms with Gasteiger partial charge in [0.2, 0.25) is 0 Å². The molecule has 0 bridgehead atoms. The van der Waals surface area contributed by atoms with Crippen LogP contribution in [0, 0.1) is 13.7 Å². The maximum Gasteiger partial charge on any atom is 0.0843 e. The van der Waals surface area contributed by atoms with Crippen LogP contribution in [0.15, 0.2) is 36.4 Å². The summed E-state index contributed by atoms with van der Waals surface area (Å²) in [5.74, 6) is 0.